The number of hydrogen-bond donors (Lipinski definition) is 0. The molecule has 5 nitrogen and oxygen atoms in total. The van der Waals surface area contributed by atoms with Crippen LogP contribution < -0.4 is 4.90 Å². The Labute approximate surface area is 125 Å². The molecule has 1 aliphatic heterocycles. The average Bonchev–Trinajstić information content (AvgIpc) is 2.98. The molecular weight excluding hydrogens is 264 g/mol. The fraction of sp³-hybridized carbons (Fsp3) is 0.812. The van der Waals surface area contributed by atoms with Crippen LogP contribution in [0, 0.1) is 5.92 Å². The van der Waals surface area contributed by atoms with Crippen molar-refractivity contribution in [3.05, 3.63) is 6.33 Å². The van der Waals surface area contributed by atoms with Gasteiger partial charge in [0.25, 0.3) is 0 Å². The molecule has 0 aromatic carbocycles. The van der Waals surface area contributed by atoms with Crippen LogP contribution in [0.25, 0.3) is 0 Å². The zero-order valence-electron chi connectivity index (χ0n) is 12.8. The molecule has 2 atom stereocenters. The zero-order chi connectivity index (χ0) is 14.4. The second-order valence-corrected chi connectivity index (χ2v) is 6.98. The van der Waals surface area contributed by atoms with Crippen molar-refractivity contribution in [2.24, 2.45) is 5.92 Å². The van der Waals surface area contributed by atoms with Crippen molar-refractivity contribution >= 4 is 11.9 Å². The monoisotopic (exact) mass is 288 g/mol. The van der Waals surface area contributed by atoms with Gasteiger partial charge in [-0.15, -0.1) is 0 Å². The highest BCUT2D eigenvalue weighted by Gasteiger charge is 2.54. The minimum absolute atomic E-state index is 0.117. The molecule has 2 heterocycles. The first-order chi connectivity index (χ1) is 10.2. The molecule has 2 aliphatic carbocycles. The Morgan fingerprint density at radius 1 is 1.19 bits per heavy atom. The molecule has 4 rings (SSSR count). The Kier molecular flexibility index (Phi) is 3.05. The molecule has 1 aromatic rings. The highest BCUT2D eigenvalue weighted by atomic mass is 16.2. The summed E-state index contributed by atoms with van der Waals surface area (Å²) in [6.07, 6.45) is 12.8. The quantitative estimate of drug-likeness (QED) is 0.737. The van der Waals surface area contributed by atoms with Gasteiger partial charge in [0.2, 0.25) is 11.9 Å². The molecule has 5 heteroatoms. The van der Waals surface area contributed by atoms with Gasteiger partial charge >= 0.3 is 0 Å². The molecular formula is C16H24N4O. The smallest absolute Gasteiger partial charge is 0.231 e. The molecule has 0 saturated heterocycles. The number of fused-ring (bicyclic) bond motifs is 4. The largest absolute Gasteiger partial charge is 0.278 e. The van der Waals surface area contributed by atoms with Crippen LogP contribution in [-0.2, 0) is 10.3 Å². The molecule has 1 spiro atoms. The zero-order valence-corrected chi connectivity index (χ0v) is 12.8. The number of carbonyl (C=O) groups is 1. The lowest BCUT2D eigenvalue weighted by Crippen LogP contribution is -2.61. The van der Waals surface area contributed by atoms with Gasteiger partial charge in [0, 0.05) is 18.9 Å². The van der Waals surface area contributed by atoms with Gasteiger partial charge < -0.3 is 0 Å². The van der Waals surface area contributed by atoms with Crippen LogP contribution in [0.1, 0.15) is 64.7 Å². The lowest BCUT2D eigenvalue weighted by atomic mass is 9.64. The Balaban J connectivity index is 1.87. The van der Waals surface area contributed by atoms with Crippen molar-refractivity contribution in [3.8, 4) is 0 Å². The first-order valence-corrected chi connectivity index (χ1v) is 8.44. The second-order valence-electron chi connectivity index (χ2n) is 6.98. The Bertz CT molecular complexity index is 546. The van der Waals surface area contributed by atoms with Crippen molar-refractivity contribution in [2.75, 3.05) is 4.90 Å². The fourth-order valence-electron chi connectivity index (χ4n) is 5.19. The van der Waals surface area contributed by atoms with Crippen LogP contribution in [0.15, 0.2) is 6.33 Å². The maximum atomic E-state index is 12.2. The van der Waals surface area contributed by atoms with E-state index in [1.807, 2.05) is 4.90 Å². The number of carbonyl (C=O) groups excluding carboxylic acids is 1. The van der Waals surface area contributed by atoms with Crippen LogP contribution in [0.2, 0.25) is 0 Å². The first-order valence-electron chi connectivity index (χ1n) is 8.44. The molecule has 0 N–H and O–H groups in total. The van der Waals surface area contributed by atoms with Gasteiger partial charge in [-0.05, 0) is 25.7 Å². The number of hydrogen-bond acceptors (Lipinski definition) is 3. The Morgan fingerprint density at radius 2 is 1.95 bits per heavy atom. The van der Waals surface area contributed by atoms with Gasteiger partial charge in [-0.3, -0.25) is 9.69 Å². The summed E-state index contributed by atoms with van der Waals surface area (Å²) in [5, 5.41) is 4.57. The SMILES string of the molecule is CC(=O)N1c2ncnn2C2(CCCCC2)[C@@H]2CCCC[C@@H]21. The van der Waals surface area contributed by atoms with Crippen molar-refractivity contribution in [1.29, 1.82) is 0 Å². The molecule has 2 fully saturated rings. The topological polar surface area (TPSA) is 51.0 Å². The van der Waals surface area contributed by atoms with Crippen molar-refractivity contribution in [3.63, 3.8) is 0 Å². The second kappa shape index (κ2) is 4.82. The van der Waals surface area contributed by atoms with E-state index in [-0.39, 0.29) is 11.4 Å². The van der Waals surface area contributed by atoms with Crippen LogP contribution in [-0.4, -0.2) is 26.7 Å². The van der Waals surface area contributed by atoms with E-state index in [9.17, 15) is 4.79 Å². The van der Waals surface area contributed by atoms with E-state index in [1.54, 1.807) is 13.3 Å². The highest BCUT2D eigenvalue weighted by molar-refractivity contribution is 5.90. The normalized spacial score (nSPS) is 30.8. The third-order valence-electron chi connectivity index (χ3n) is 5.98. The van der Waals surface area contributed by atoms with Crippen molar-refractivity contribution in [2.45, 2.75) is 76.3 Å². The van der Waals surface area contributed by atoms with Crippen LogP contribution in [0.4, 0.5) is 5.95 Å². The van der Waals surface area contributed by atoms with Crippen molar-refractivity contribution < 1.29 is 4.79 Å². The standard InChI is InChI=1S/C16H24N4O/c1-12(21)19-14-8-4-3-7-13(14)16(9-5-2-6-10-16)20-15(19)17-11-18-20/h11,13-14H,2-10H2,1H3/t13-,14+/m1/s1. The van der Waals surface area contributed by atoms with E-state index in [2.05, 4.69) is 14.8 Å². The summed E-state index contributed by atoms with van der Waals surface area (Å²) in [6, 6.07) is 0.339. The molecule has 0 bridgehead atoms. The molecule has 2 saturated carbocycles. The van der Waals surface area contributed by atoms with Gasteiger partial charge in [0.15, 0.2) is 0 Å². The maximum absolute atomic E-state index is 12.2. The van der Waals surface area contributed by atoms with Gasteiger partial charge in [0.05, 0.1) is 5.54 Å². The summed E-state index contributed by atoms with van der Waals surface area (Å²) in [4.78, 5) is 18.6. The molecule has 1 amide bonds. The molecule has 21 heavy (non-hydrogen) atoms. The minimum Gasteiger partial charge on any atom is -0.278 e. The molecule has 0 unspecified atom stereocenters. The number of amides is 1. The predicted molar refractivity (Wildman–Crippen MR) is 80.0 cm³/mol. The van der Waals surface area contributed by atoms with E-state index in [0.29, 0.717) is 12.0 Å². The Morgan fingerprint density at radius 3 is 2.71 bits per heavy atom. The summed E-state index contributed by atoms with van der Waals surface area (Å²) < 4.78 is 2.13. The third-order valence-corrected chi connectivity index (χ3v) is 5.98. The molecule has 1 aromatic heterocycles. The predicted octanol–water partition coefficient (Wildman–Crippen LogP) is 2.86. The van der Waals surface area contributed by atoms with E-state index in [1.165, 1.54) is 51.4 Å². The lowest BCUT2D eigenvalue weighted by Gasteiger charge is -2.55. The summed E-state index contributed by atoms with van der Waals surface area (Å²) in [5.74, 6) is 1.48. The average molecular weight is 288 g/mol. The minimum atomic E-state index is 0.117. The first kappa shape index (κ1) is 13.3. The van der Waals surface area contributed by atoms with E-state index < -0.39 is 0 Å². The molecule has 114 valence electrons. The van der Waals surface area contributed by atoms with Crippen LogP contribution in [0.5, 0.6) is 0 Å². The van der Waals surface area contributed by atoms with E-state index in [0.717, 1.165) is 12.4 Å². The molecule has 0 radical (unpaired) electrons. The fourth-order valence-corrected chi connectivity index (χ4v) is 5.19. The number of nitrogens with zero attached hydrogens (tertiary/aromatic N) is 4. The maximum Gasteiger partial charge on any atom is 0.231 e. The van der Waals surface area contributed by atoms with E-state index >= 15 is 0 Å². The number of anilines is 1. The van der Waals surface area contributed by atoms with Gasteiger partial charge in [-0.2, -0.15) is 10.1 Å². The van der Waals surface area contributed by atoms with Crippen LogP contribution in [0.3, 0.4) is 0 Å². The summed E-state index contributed by atoms with van der Waals surface area (Å²) >= 11 is 0. The lowest BCUT2D eigenvalue weighted by molar-refractivity contribution is -0.118. The summed E-state index contributed by atoms with van der Waals surface area (Å²) in [7, 11) is 0. The van der Waals surface area contributed by atoms with E-state index in [4.69, 9.17) is 0 Å². The third kappa shape index (κ3) is 1.79. The van der Waals surface area contributed by atoms with Gasteiger partial charge in [-0.25, -0.2) is 4.68 Å². The molecule has 3 aliphatic rings. The van der Waals surface area contributed by atoms with Crippen molar-refractivity contribution in [1.82, 2.24) is 14.8 Å². The highest BCUT2D eigenvalue weighted by Crippen LogP contribution is 2.52. The Hall–Kier alpha value is -1.39. The number of aromatic nitrogens is 3. The van der Waals surface area contributed by atoms with Crippen LogP contribution >= 0.6 is 0 Å². The summed E-state index contributed by atoms with van der Waals surface area (Å²) in [6.45, 7) is 1.67. The number of rotatable bonds is 0. The summed E-state index contributed by atoms with van der Waals surface area (Å²) in [5.41, 5.74) is 0.126. The van der Waals surface area contributed by atoms with Gasteiger partial charge in [-0.1, -0.05) is 32.1 Å². The van der Waals surface area contributed by atoms with Gasteiger partial charge in [0.1, 0.15) is 6.33 Å².